The summed E-state index contributed by atoms with van der Waals surface area (Å²) in [5.74, 6) is 3.24. The van der Waals surface area contributed by atoms with Crippen LogP contribution in [0.3, 0.4) is 0 Å². The number of methoxy groups -OCH3 is 2. The van der Waals surface area contributed by atoms with Gasteiger partial charge in [-0.3, -0.25) is 0 Å². The van der Waals surface area contributed by atoms with Crippen molar-refractivity contribution in [1.82, 2.24) is 14.8 Å². The van der Waals surface area contributed by atoms with Gasteiger partial charge >= 0.3 is 0 Å². The van der Waals surface area contributed by atoms with E-state index >= 15 is 0 Å². The lowest BCUT2D eigenvalue weighted by Crippen LogP contribution is -2.07. The zero-order valence-electron chi connectivity index (χ0n) is 16.3. The smallest absolute Gasteiger partial charge is 0.171 e. The largest absolute Gasteiger partial charge is 0.493 e. The summed E-state index contributed by atoms with van der Waals surface area (Å²) in [6.07, 6.45) is 1.83. The van der Waals surface area contributed by atoms with Crippen LogP contribution in [0.2, 0.25) is 0 Å². The Hall–Kier alpha value is -2.86. The number of aromatic nitrogens is 3. The lowest BCUT2D eigenvalue weighted by atomic mass is 10.1. The molecule has 2 heterocycles. The Balaban J connectivity index is 1.72. The molecule has 0 amide bonds. The molecule has 3 aromatic rings. The molecule has 0 bridgehead atoms. The van der Waals surface area contributed by atoms with Gasteiger partial charge in [0, 0.05) is 19.1 Å². The van der Waals surface area contributed by atoms with Crippen molar-refractivity contribution in [2.45, 2.75) is 25.3 Å². The van der Waals surface area contributed by atoms with Gasteiger partial charge in [0.2, 0.25) is 0 Å². The first-order valence-electron chi connectivity index (χ1n) is 9.58. The first-order chi connectivity index (χ1) is 13.8. The summed E-state index contributed by atoms with van der Waals surface area (Å²) in [6, 6.07) is 16.3. The number of ether oxygens (including phenoxy) is 3. The molecule has 0 N–H and O–H groups in total. The Kier molecular flexibility index (Phi) is 5.58. The normalized spacial score (nSPS) is 16.3. The Bertz CT molecular complexity index is 918. The van der Waals surface area contributed by atoms with Gasteiger partial charge in [0.1, 0.15) is 0 Å². The van der Waals surface area contributed by atoms with E-state index in [-0.39, 0.29) is 5.92 Å². The Morgan fingerprint density at radius 3 is 2.64 bits per heavy atom. The van der Waals surface area contributed by atoms with Crippen LogP contribution in [-0.4, -0.2) is 42.2 Å². The van der Waals surface area contributed by atoms with Gasteiger partial charge in [-0.25, -0.2) is 9.67 Å². The number of hydrogen-bond donors (Lipinski definition) is 0. The van der Waals surface area contributed by atoms with Gasteiger partial charge in [-0.05, 0) is 30.5 Å². The predicted octanol–water partition coefficient (Wildman–Crippen LogP) is 3.71. The molecule has 6 nitrogen and oxygen atoms in total. The van der Waals surface area contributed by atoms with Crippen molar-refractivity contribution in [1.29, 1.82) is 0 Å². The van der Waals surface area contributed by atoms with Crippen molar-refractivity contribution >= 4 is 0 Å². The highest BCUT2D eigenvalue weighted by Gasteiger charge is 2.25. The molecule has 1 fully saturated rings. The average Bonchev–Trinajstić information content (AvgIpc) is 3.42. The molecule has 0 unspecified atom stereocenters. The topological polar surface area (TPSA) is 58.4 Å². The van der Waals surface area contributed by atoms with Gasteiger partial charge in [0.15, 0.2) is 23.1 Å². The quantitative estimate of drug-likeness (QED) is 0.626. The third-order valence-electron chi connectivity index (χ3n) is 5.08. The number of nitrogens with zero attached hydrogens (tertiary/aromatic N) is 3. The molecule has 0 aliphatic carbocycles. The molecular formula is C22H25N3O3. The SMILES string of the molecule is COc1cccc(-c2nc([C@H]3CCOC3)nn2CCc2ccccc2)c1OC. The highest BCUT2D eigenvalue weighted by atomic mass is 16.5. The molecule has 2 aromatic carbocycles. The summed E-state index contributed by atoms with van der Waals surface area (Å²) >= 11 is 0. The first-order valence-corrected chi connectivity index (χ1v) is 9.58. The molecule has 146 valence electrons. The minimum absolute atomic E-state index is 0.244. The van der Waals surface area contributed by atoms with E-state index in [1.54, 1.807) is 14.2 Å². The van der Waals surface area contributed by atoms with Crippen LogP contribution in [0.25, 0.3) is 11.4 Å². The van der Waals surface area contributed by atoms with Crippen molar-refractivity contribution in [3.05, 3.63) is 59.9 Å². The second kappa shape index (κ2) is 8.44. The second-order valence-corrected chi connectivity index (χ2v) is 6.85. The van der Waals surface area contributed by atoms with Crippen LogP contribution in [0, 0.1) is 0 Å². The van der Waals surface area contributed by atoms with Gasteiger partial charge in [0.25, 0.3) is 0 Å². The van der Waals surface area contributed by atoms with E-state index in [9.17, 15) is 0 Å². The van der Waals surface area contributed by atoms with Crippen LogP contribution < -0.4 is 9.47 Å². The van der Waals surface area contributed by atoms with Crippen molar-refractivity contribution in [2.75, 3.05) is 27.4 Å². The lowest BCUT2D eigenvalue weighted by molar-refractivity contribution is 0.193. The fourth-order valence-corrected chi connectivity index (χ4v) is 3.57. The molecule has 1 aromatic heterocycles. The van der Waals surface area contributed by atoms with Crippen LogP contribution in [0.4, 0.5) is 0 Å². The fraction of sp³-hybridized carbons (Fsp3) is 0.364. The Morgan fingerprint density at radius 2 is 1.93 bits per heavy atom. The second-order valence-electron chi connectivity index (χ2n) is 6.85. The molecule has 1 atom stereocenters. The monoisotopic (exact) mass is 379 g/mol. The van der Waals surface area contributed by atoms with Gasteiger partial charge in [-0.15, -0.1) is 0 Å². The fourth-order valence-electron chi connectivity index (χ4n) is 3.57. The standard InChI is InChI=1S/C22H25N3O3/c1-26-19-10-6-9-18(20(19)27-2)22-23-21(17-12-14-28-15-17)24-25(22)13-11-16-7-4-3-5-8-16/h3-10,17H,11-15H2,1-2H3/t17-/m0/s1. The maximum atomic E-state index is 5.64. The molecule has 1 aliphatic heterocycles. The van der Waals surface area contributed by atoms with Crippen LogP contribution >= 0.6 is 0 Å². The van der Waals surface area contributed by atoms with Crippen molar-refractivity contribution in [3.8, 4) is 22.9 Å². The summed E-state index contributed by atoms with van der Waals surface area (Å²) in [5.41, 5.74) is 2.15. The third-order valence-corrected chi connectivity index (χ3v) is 5.08. The number of aryl methyl sites for hydroxylation is 2. The Morgan fingerprint density at radius 1 is 1.07 bits per heavy atom. The zero-order valence-corrected chi connectivity index (χ0v) is 16.3. The van der Waals surface area contributed by atoms with Crippen molar-refractivity contribution < 1.29 is 14.2 Å². The molecule has 4 rings (SSSR count). The van der Waals surface area contributed by atoms with E-state index in [0.29, 0.717) is 18.1 Å². The van der Waals surface area contributed by atoms with Crippen LogP contribution in [0.5, 0.6) is 11.5 Å². The summed E-state index contributed by atoms with van der Waals surface area (Å²) in [6.45, 7) is 2.18. The molecule has 1 saturated heterocycles. The van der Waals surface area contributed by atoms with Gasteiger partial charge in [0.05, 0.1) is 26.4 Å². The average molecular weight is 379 g/mol. The number of para-hydroxylation sites is 1. The Labute approximate surface area is 165 Å². The van der Waals surface area contributed by atoms with E-state index in [1.807, 2.05) is 28.9 Å². The molecule has 0 saturated carbocycles. The van der Waals surface area contributed by atoms with Gasteiger partial charge < -0.3 is 14.2 Å². The molecule has 0 spiro atoms. The van der Waals surface area contributed by atoms with Crippen molar-refractivity contribution in [2.24, 2.45) is 0 Å². The summed E-state index contributed by atoms with van der Waals surface area (Å²) in [5, 5.41) is 4.84. The van der Waals surface area contributed by atoms with Crippen LogP contribution in [-0.2, 0) is 17.7 Å². The highest BCUT2D eigenvalue weighted by molar-refractivity contribution is 5.69. The molecule has 1 aliphatic rings. The third kappa shape index (κ3) is 3.73. The van der Waals surface area contributed by atoms with E-state index in [2.05, 4.69) is 24.3 Å². The zero-order chi connectivity index (χ0) is 19.3. The van der Waals surface area contributed by atoms with E-state index in [4.69, 9.17) is 24.3 Å². The van der Waals surface area contributed by atoms with E-state index < -0.39 is 0 Å². The van der Waals surface area contributed by atoms with Gasteiger partial charge in [-0.2, -0.15) is 5.10 Å². The molecule has 6 heteroatoms. The maximum Gasteiger partial charge on any atom is 0.171 e. The molecule has 28 heavy (non-hydrogen) atoms. The molecule has 0 radical (unpaired) electrons. The first kappa shape index (κ1) is 18.5. The number of benzene rings is 2. The number of rotatable bonds is 7. The minimum Gasteiger partial charge on any atom is -0.493 e. The van der Waals surface area contributed by atoms with E-state index in [1.165, 1.54) is 5.56 Å². The minimum atomic E-state index is 0.244. The lowest BCUT2D eigenvalue weighted by Gasteiger charge is -2.13. The van der Waals surface area contributed by atoms with Crippen LogP contribution in [0.1, 0.15) is 23.7 Å². The van der Waals surface area contributed by atoms with Gasteiger partial charge in [-0.1, -0.05) is 36.4 Å². The summed E-state index contributed by atoms with van der Waals surface area (Å²) < 4.78 is 18.6. The van der Waals surface area contributed by atoms with E-state index in [0.717, 1.165) is 43.2 Å². The number of hydrogen-bond acceptors (Lipinski definition) is 5. The van der Waals surface area contributed by atoms with Crippen molar-refractivity contribution in [3.63, 3.8) is 0 Å². The summed E-state index contributed by atoms with van der Waals surface area (Å²) in [4.78, 5) is 4.90. The van der Waals surface area contributed by atoms with Crippen LogP contribution in [0.15, 0.2) is 48.5 Å². The summed E-state index contributed by atoms with van der Waals surface area (Å²) in [7, 11) is 3.29. The maximum absolute atomic E-state index is 5.64. The highest BCUT2D eigenvalue weighted by Crippen LogP contribution is 2.37. The predicted molar refractivity (Wildman–Crippen MR) is 107 cm³/mol. The molecular weight excluding hydrogens is 354 g/mol.